The van der Waals surface area contributed by atoms with Gasteiger partial charge in [-0.15, -0.1) is 12.4 Å². The number of carbonyl (C=O) groups is 1. The number of nitrogens with one attached hydrogen (secondary N) is 1. The van der Waals surface area contributed by atoms with E-state index in [2.05, 4.69) is 10.3 Å². The highest BCUT2D eigenvalue weighted by Crippen LogP contribution is 2.66. The van der Waals surface area contributed by atoms with E-state index in [0.29, 0.717) is 0 Å². The Kier molecular flexibility index (Phi) is 18.4. The SMILES string of the molecule is Cl.O=C(O)c1ccccc1-c1c2ccc(=NCCCC(F)(F)C(F)(F)C(F)(F)C(F)(F)C(F)(F)C(F)(F)C(F)(F)C(F)(F)F)cc-2oc2cc(NCCCC(F)(F)C(F)(F)C(F)(F)C(F)(F)C(F)(F)C(F)(F)C(F)(F)C(F)(F)F)ccc12. The lowest BCUT2D eigenvalue weighted by molar-refractivity contribution is -0.461. The fraction of sp³-hybridized carbons (Fsp3) is 0.524. The van der Waals surface area contributed by atoms with Crippen molar-refractivity contribution < 1.29 is 164 Å². The van der Waals surface area contributed by atoms with E-state index in [0.717, 1.165) is 48.5 Å². The number of halogens is 35. The zero-order valence-corrected chi connectivity index (χ0v) is 39.3. The third-order valence-corrected chi connectivity index (χ3v) is 11.6. The second-order valence-electron chi connectivity index (χ2n) is 17.0. The third-order valence-electron chi connectivity index (χ3n) is 11.6. The summed E-state index contributed by atoms with van der Waals surface area (Å²) >= 11 is 0. The number of hydrogen-bond acceptors (Lipinski definition) is 4. The summed E-state index contributed by atoms with van der Waals surface area (Å²) in [5.74, 6) is -118. The first kappa shape index (κ1) is 70.6. The summed E-state index contributed by atoms with van der Waals surface area (Å²) in [6, 6.07) is 9.87. The summed E-state index contributed by atoms with van der Waals surface area (Å²) in [6.45, 7) is -2.58. The van der Waals surface area contributed by atoms with Crippen LogP contribution in [0.2, 0.25) is 0 Å². The summed E-state index contributed by atoms with van der Waals surface area (Å²) in [7, 11) is 0. The van der Waals surface area contributed by atoms with Gasteiger partial charge in [0.1, 0.15) is 11.3 Å². The summed E-state index contributed by atoms with van der Waals surface area (Å²) in [5, 5.41) is 11.2. The van der Waals surface area contributed by atoms with Crippen molar-refractivity contribution in [3.8, 4) is 22.5 Å². The van der Waals surface area contributed by atoms with Gasteiger partial charge >= 0.3 is 101 Å². The fourth-order valence-electron chi connectivity index (χ4n) is 7.02. The van der Waals surface area contributed by atoms with Gasteiger partial charge in [0.2, 0.25) is 0 Å². The lowest BCUT2D eigenvalue weighted by atomic mass is 9.88. The molecule has 0 atom stereocenters. The molecule has 1 heterocycles. The lowest BCUT2D eigenvalue weighted by Crippen LogP contribution is -2.74. The lowest BCUT2D eigenvalue weighted by Gasteiger charge is -2.42. The van der Waals surface area contributed by atoms with E-state index >= 15 is 0 Å². The molecule has 2 aliphatic rings. The molecule has 5 nitrogen and oxygen atoms in total. The minimum absolute atomic E-state index is 0. The molecule has 0 fully saturated rings. The Morgan fingerprint density at radius 1 is 0.451 bits per heavy atom. The molecule has 2 N–H and O–H groups in total. The molecule has 82 heavy (non-hydrogen) atoms. The molecule has 0 spiro atoms. The van der Waals surface area contributed by atoms with Crippen molar-refractivity contribution in [1.82, 2.24) is 0 Å². The van der Waals surface area contributed by atoms with E-state index in [1.54, 1.807) is 0 Å². The van der Waals surface area contributed by atoms with Crippen LogP contribution in [0.25, 0.3) is 33.4 Å². The predicted octanol–water partition coefficient (Wildman–Crippen LogP) is 17.2. The van der Waals surface area contributed by atoms with Gasteiger partial charge in [0, 0.05) is 60.3 Å². The zero-order chi connectivity index (χ0) is 63.2. The monoisotopic (exact) mass is 1290 g/mol. The topological polar surface area (TPSA) is 74.8 Å². The van der Waals surface area contributed by atoms with Crippen LogP contribution in [0.5, 0.6) is 0 Å². The molecule has 0 bridgehead atoms. The minimum atomic E-state index is -8.86. The highest BCUT2D eigenvalue weighted by Gasteiger charge is 2.97. The number of hydrogen-bond donors (Lipinski definition) is 2. The van der Waals surface area contributed by atoms with E-state index in [1.165, 1.54) is 12.1 Å². The average molecular weight is 1290 g/mol. The maximum absolute atomic E-state index is 14.5. The van der Waals surface area contributed by atoms with Crippen molar-refractivity contribution in [1.29, 1.82) is 0 Å². The normalized spacial score (nSPS) is 15.3. The quantitative estimate of drug-likeness (QED) is 0.0441. The number of benzene rings is 3. The van der Waals surface area contributed by atoms with Crippen LogP contribution < -0.4 is 10.7 Å². The van der Waals surface area contributed by atoms with Gasteiger partial charge in [-0.2, -0.15) is 149 Å². The molecule has 0 amide bonds. The number of anilines is 1. The molecule has 0 aromatic heterocycles. The Morgan fingerprint density at radius 2 is 0.841 bits per heavy atom. The predicted molar refractivity (Wildman–Crippen MR) is 211 cm³/mol. The molecule has 0 saturated heterocycles. The number of alkyl halides is 34. The van der Waals surface area contributed by atoms with E-state index in [1.807, 2.05) is 0 Å². The van der Waals surface area contributed by atoms with E-state index < -0.39 is 168 Å². The van der Waals surface area contributed by atoms with Crippen molar-refractivity contribution >= 4 is 35.0 Å². The van der Waals surface area contributed by atoms with Crippen LogP contribution >= 0.6 is 12.4 Å². The number of carboxylic acids is 1. The molecule has 40 heteroatoms. The molecule has 2 aromatic rings. The summed E-state index contributed by atoms with van der Waals surface area (Å²) in [5.41, 5.74) is -2.06. The maximum Gasteiger partial charge on any atom is 0.460 e. The van der Waals surface area contributed by atoms with Gasteiger partial charge in [-0.3, -0.25) is 4.99 Å². The number of fused-ring (bicyclic) bond motifs is 2. The van der Waals surface area contributed by atoms with Crippen LogP contribution in [0.15, 0.2) is 70.1 Å². The fourth-order valence-corrected chi connectivity index (χ4v) is 7.02. The standard InChI is InChI=1S/C42H24F34N2O3.ClH/c43-27(44,29(47,48)31(51,52)33(55,56)35(59,60)37(63,64)39(67,68)41(71,72)73)11-3-13-77-17-7-9-21-23(15-17)81-24-16-18(8-10-22(24)25(21)19-5-1-2-6-20(19)26(79)80)78-14-4-12-28(45,46)30(49,50)32(53,54)34(57,58)36(61,62)38(65,66)40(69,70)42(74,75)76;/h1-2,5-10,15-16,77H,3-4,11-14H2,(H,79,80);1H. The third kappa shape index (κ3) is 10.7. The Balaban J connectivity index is 0.0000176. The molecule has 0 unspecified atom stereocenters. The van der Waals surface area contributed by atoms with Crippen LogP contribution in [-0.2, 0) is 0 Å². The van der Waals surface area contributed by atoms with Crippen LogP contribution in [-0.4, -0.2) is 119 Å². The van der Waals surface area contributed by atoms with Gasteiger partial charge in [0.05, 0.1) is 10.9 Å². The van der Waals surface area contributed by atoms with Gasteiger partial charge in [-0.25, -0.2) is 4.79 Å². The first-order chi connectivity index (χ1) is 35.9. The Labute approximate surface area is 437 Å². The molecule has 4 rings (SSSR count). The molecule has 0 radical (unpaired) electrons. The molecule has 0 saturated carbocycles. The Morgan fingerprint density at radius 3 is 1.26 bits per heavy atom. The first-order valence-corrected chi connectivity index (χ1v) is 20.9. The highest BCUT2D eigenvalue weighted by molar-refractivity contribution is 6.07. The Bertz CT molecular complexity index is 2980. The highest BCUT2D eigenvalue weighted by atomic mass is 35.5. The van der Waals surface area contributed by atoms with Gasteiger partial charge in [-0.05, 0) is 48.7 Å². The number of nitrogens with zero attached hydrogens (tertiary/aromatic N) is 1. The summed E-state index contributed by atoms with van der Waals surface area (Å²) < 4.78 is 471. The van der Waals surface area contributed by atoms with Crippen molar-refractivity contribution in [3.05, 3.63) is 71.6 Å². The maximum atomic E-state index is 14.5. The van der Waals surface area contributed by atoms with Crippen LogP contribution in [0, 0.1) is 0 Å². The Hall–Kier alpha value is -5.69. The molecular formula is C42H25ClF34N2O3. The van der Waals surface area contributed by atoms with Crippen LogP contribution in [0.4, 0.5) is 155 Å². The number of rotatable bonds is 23. The number of aromatic carboxylic acids is 1. The molecule has 1 aliphatic heterocycles. The van der Waals surface area contributed by atoms with Gasteiger partial charge in [-0.1, -0.05) is 18.2 Å². The second kappa shape index (κ2) is 21.4. The summed E-state index contributed by atoms with van der Waals surface area (Å²) in [6.07, 6.45) is -25.1. The largest absolute Gasteiger partial charge is 0.478 e. The molecule has 2 aromatic carbocycles. The molecule has 1 aliphatic carbocycles. The van der Waals surface area contributed by atoms with Gasteiger partial charge in [0.15, 0.2) is 0 Å². The molecular weight excluding hydrogens is 1260 g/mol. The van der Waals surface area contributed by atoms with Crippen LogP contribution in [0.1, 0.15) is 36.0 Å². The van der Waals surface area contributed by atoms with Gasteiger partial charge in [0.25, 0.3) is 0 Å². The first-order valence-electron chi connectivity index (χ1n) is 20.9. The van der Waals surface area contributed by atoms with Crippen molar-refractivity contribution in [2.75, 3.05) is 18.4 Å². The minimum Gasteiger partial charge on any atom is -0.478 e. The zero-order valence-electron chi connectivity index (χ0n) is 38.5. The molecule has 466 valence electrons. The summed E-state index contributed by atoms with van der Waals surface area (Å²) in [4.78, 5) is 15.7. The number of carboxylic acid groups (broad SMARTS) is 1. The van der Waals surface area contributed by atoms with E-state index in [-0.39, 0.29) is 34.5 Å². The van der Waals surface area contributed by atoms with Gasteiger partial charge < -0.3 is 14.8 Å². The van der Waals surface area contributed by atoms with Crippen molar-refractivity contribution in [3.63, 3.8) is 0 Å². The average Bonchev–Trinajstić information content (AvgIpc) is 3.31. The van der Waals surface area contributed by atoms with Crippen LogP contribution in [0.3, 0.4) is 0 Å². The van der Waals surface area contributed by atoms with E-state index in [9.17, 15) is 159 Å². The smallest absolute Gasteiger partial charge is 0.460 e. The second-order valence-corrected chi connectivity index (χ2v) is 17.0. The van der Waals surface area contributed by atoms with Crippen molar-refractivity contribution in [2.24, 2.45) is 4.99 Å². The van der Waals surface area contributed by atoms with E-state index in [4.69, 9.17) is 4.42 Å². The van der Waals surface area contributed by atoms with Crippen molar-refractivity contribution in [2.45, 2.75) is 121 Å².